The molecule has 0 amide bonds. The third-order valence-electron chi connectivity index (χ3n) is 4.54. The van der Waals surface area contributed by atoms with Gasteiger partial charge < -0.3 is 4.74 Å². The Bertz CT molecular complexity index is 1040. The van der Waals surface area contributed by atoms with Gasteiger partial charge in [0.1, 0.15) is 10.6 Å². The maximum Gasteiger partial charge on any atom is 0.268 e. The molecule has 6 nitrogen and oxygen atoms in total. The predicted octanol–water partition coefficient (Wildman–Crippen LogP) is 4.55. The van der Waals surface area contributed by atoms with Gasteiger partial charge in [-0.25, -0.2) is 8.42 Å². The molecule has 0 aliphatic rings. The number of methoxy groups -OCH3 is 1. The van der Waals surface area contributed by atoms with Gasteiger partial charge in [-0.1, -0.05) is 6.07 Å². The van der Waals surface area contributed by atoms with E-state index in [0.717, 1.165) is 4.88 Å². The predicted molar refractivity (Wildman–Crippen MR) is 113 cm³/mol. The average molecular weight is 420 g/mol. The van der Waals surface area contributed by atoms with Crippen molar-refractivity contribution in [3.05, 3.63) is 58.0 Å². The maximum atomic E-state index is 13.7. The highest BCUT2D eigenvalue weighted by Gasteiger charge is 2.32. The molecule has 0 unspecified atom stereocenters. The molecule has 8 heteroatoms. The Kier molecular flexibility index (Phi) is 5.81. The van der Waals surface area contributed by atoms with E-state index in [1.165, 1.54) is 15.6 Å². The molecule has 0 atom stereocenters. The van der Waals surface area contributed by atoms with Crippen molar-refractivity contribution in [2.75, 3.05) is 11.4 Å². The van der Waals surface area contributed by atoms with E-state index in [2.05, 4.69) is 5.10 Å². The van der Waals surface area contributed by atoms with E-state index in [1.807, 2.05) is 38.3 Å². The fourth-order valence-electron chi connectivity index (χ4n) is 3.24. The third kappa shape index (κ3) is 3.79. The van der Waals surface area contributed by atoms with Gasteiger partial charge in [0, 0.05) is 10.9 Å². The second kappa shape index (κ2) is 7.97. The number of benzene rings is 1. The molecule has 0 fully saturated rings. The van der Waals surface area contributed by atoms with Crippen LogP contribution in [0, 0.1) is 13.8 Å². The van der Waals surface area contributed by atoms with Crippen LogP contribution in [0.5, 0.6) is 5.75 Å². The molecular formula is C20H25N3O3S2. The molecule has 0 saturated carbocycles. The van der Waals surface area contributed by atoms with E-state index < -0.39 is 10.0 Å². The molecule has 0 N–H and O–H groups in total. The van der Waals surface area contributed by atoms with E-state index in [1.54, 1.807) is 43.0 Å². The van der Waals surface area contributed by atoms with Crippen LogP contribution in [0.2, 0.25) is 0 Å². The van der Waals surface area contributed by atoms with Crippen LogP contribution < -0.4 is 9.04 Å². The van der Waals surface area contributed by atoms with Gasteiger partial charge in [0.05, 0.1) is 30.7 Å². The Hall–Kier alpha value is -2.32. The molecule has 28 heavy (non-hydrogen) atoms. The molecule has 0 aliphatic carbocycles. The molecule has 2 aromatic heterocycles. The standard InChI is InChI=1S/C20H25N3O3S2/c1-14(2)23-16(4)20(15(3)21-23)28(24,25)22(13-19-7-6-12-27-19)17-8-10-18(26-5)11-9-17/h6-12,14H,13H2,1-5H3. The molecule has 0 aliphatic heterocycles. The zero-order valence-corrected chi connectivity index (χ0v) is 18.3. The normalized spacial score (nSPS) is 11.8. The number of hydrogen-bond donors (Lipinski definition) is 0. The summed E-state index contributed by atoms with van der Waals surface area (Å²) in [5.74, 6) is 0.678. The first-order valence-corrected chi connectivity index (χ1v) is 11.3. The van der Waals surface area contributed by atoms with Crippen molar-refractivity contribution in [3.8, 4) is 5.75 Å². The van der Waals surface area contributed by atoms with Gasteiger partial charge in [0.2, 0.25) is 0 Å². The van der Waals surface area contributed by atoms with Gasteiger partial charge in [-0.3, -0.25) is 8.99 Å². The molecule has 150 valence electrons. The zero-order chi connectivity index (χ0) is 20.5. The summed E-state index contributed by atoms with van der Waals surface area (Å²) >= 11 is 1.53. The molecule has 1 aromatic carbocycles. The van der Waals surface area contributed by atoms with Crippen molar-refractivity contribution in [1.29, 1.82) is 0 Å². The van der Waals surface area contributed by atoms with E-state index in [-0.39, 0.29) is 17.5 Å². The summed E-state index contributed by atoms with van der Waals surface area (Å²) in [5.41, 5.74) is 1.75. The summed E-state index contributed by atoms with van der Waals surface area (Å²) in [6, 6.07) is 11.0. The lowest BCUT2D eigenvalue weighted by atomic mass is 10.3. The summed E-state index contributed by atoms with van der Waals surface area (Å²) < 4.78 is 35.9. The highest BCUT2D eigenvalue weighted by Crippen LogP contribution is 2.32. The Balaban J connectivity index is 2.13. The van der Waals surface area contributed by atoms with Crippen LogP contribution in [0.25, 0.3) is 0 Å². The van der Waals surface area contributed by atoms with E-state index >= 15 is 0 Å². The van der Waals surface area contributed by atoms with Crippen molar-refractivity contribution < 1.29 is 13.2 Å². The first kappa shape index (κ1) is 20.4. The van der Waals surface area contributed by atoms with Gasteiger partial charge in [-0.15, -0.1) is 11.3 Å². The minimum Gasteiger partial charge on any atom is -0.497 e. The Morgan fingerprint density at radius 2 is 1.86 bits per heavy atom. The molecule has 0 radical (unpaired) electrons. The van der Waals surface area contributed by atoms with Gasteiger partial charge in [-0.2, -0.15) is 5.10 Å². The van der Waals surface area contributed by atoms with Crippen molar-refractivity contribution in [3.63, 3.8) is 0 Å². The van der Waals surface area contributed by atoms with Crippen LogP contribution in [0.15, 0.2) is 46.7 Å². The smallest absolute Gasteiger partial charge is 0.268 e. The topological polar surface area (TPSA) is 64.4 Å². The number of ether oxygens (including phenoxy) is 1. The summed E-state index contributed by atoms with van der Waals surface area (Å²) in [7, 11) is -2.22. The van der Waals surface area contributed by atoms with Crippen molar-refractivity contribution in [1.82, 2.24) is 9.78 Å². The number of thiophene rings is 1. The summed E-state index contributed by atoms with van der Waals surface area (Å²) in [5, 5.41) is 6.42. The number of nitrogens with zero attached hydrogens (tertiary/aromatic N) is 3. The van der Waals surface area contributed by atoms with E-state index in [4.69, 9.17) is 4.74 Å². The summed E-state index contributed by atoms with van der Waals surface area (Å²) in [6.45, 7) is 7.80. The number of anilines is 1. The first-order valence-electron chi connectivity index (χ1n) is 9.00. The Labute approximate surface area is 170 Å². The minimum atomic E-state index is -3.81. The molecule has 2 heterocycles. The maximum absolute atomic E-state index is 13.7. The Morgan fingerprint density at radius 3 is 2.36 bits per heavy atom. The van der Waals surface area contributed by atoms with Gasteiger partial charge in [0.25, 0.3) is 10.0 Å². The second-order valence-corrected chi connectivity index (χ2v) is 9.66. The molecule has 0 spiro atoms. The van der Waals surface area contributed by atoms with E-state index in [9.17, 15) is 8.42 Å². The number of aryl methyl sites for hydroxylation is 1. The van der Waals surface area contributed by atoms with Gasteiger partial charge in [-0.05, 0) is 63.4 Å². The van der Waals surface area contributed by atoms with Crippen molar-refractivity contribution in [2.24, 2.45) is 0 Å². The molecule has 3 rings (SSSR count). The van der Waals surface area contributed by atoms with Crippen LogP contribution in [0.1, 0.15) is 36.2 Å². The monoisotopic (exact) mass is 419 g/mol. The number of hydrogen-bond acceptors (Lipinski definition) is 5. The quantitative estimate of drug-likeness (QED) is 0.564. The fraction of sp³-hybridized carbons (Fsp3) is 0.350. The molecule has 0 saturated heterocycles. The third-order valence-corrected chi connectivity index (χ3v) is 7.42. The lowest BCUT2D eigenvalue weighted by Crippen LogP contribution is -2.31. The SMILES string of the molecule is COc1ccc(N(Cc2cccs2)S(=O)(=O)c2c(C)nn(C(C)C)c2C)cc1. The number of rotatable bonds is 7. The number of sulfonamides is 1. The zero-order valence-electron chi connectivity index (χ0n) is 16.7. The molecular weight excluding hydrogens is 394 g/mol. The van der Waals surface area contributed by atoms with E-state index in [0.29, 0.717) is 22.8 Å². The largest absolute Gasteiger partial charge is 0.497 e. The average Bonchev–Trinajstić information content (AvgIpc) is 3.27. The van der Waals surface area contributed by atoms with Crippen LogP contribution in [0.3, 0.4) is 0 Å². The van der Waals surface area contributed by atoms with Crippen LogP contribution in [0.4, 0.5) is 5.69 Å². The van der Waals surface area contributed by atoms with Crippen LogP contribution in [-0.2, 0) is 16.6 Å². The summed E-state index contributed by atoms with van der Waals surface area (Å²) in [4.78, 5) is 1.24. The summed E-state index contributed by atoms with van der Waals surface area (Å²) in [6.07, 6.45) is 0. The van der Waals surface area contributed by atoms with Gasteiger partial charge >= 0.3 is 0 Å². The minimum absolute atomic E-state index is 0.0781. The highest BCUT2D eigenvalue weighted by atomic mass is 32.2. The lowest BCUT2D eigenvalue weighted by molar-refractivity contribution is 0.415. The molecule has 3 aromatic rings. The fourth-order valence-corrected chi connectivity index (χ4v) is 5.83. The molecule has 0 bridgehead atoms. The second-order valence-electron chi connectivity index (χ2n) is 6.83. The highest BCUT2D eigenvalue weighted by molar-refractivity contribution is 7.92. The first-order chi connectivity index (χ1) is 13.3. The van der Waals surface area contributed by atoms with Crippen molar-refractivity contribution >= 4 is 27.0 Å². The van der Waals surface area contributed by atoms with Gasteiger partial charge in [0.15, 0.2) is 0 Å². The Morgan fingerprint density at radius 1 is 1.18 bits per heavy atom. The lowest BCUT2D eigenvalue weighted by Gasteiger charge is -2.24. The van der Waals surface area contributed by atoms with Crippen LogP contribution >= 0.6 is 11.3 Å². The van der Waals surface area contributed by atoms with Crippen molar-refractivity contribution in [2.45, 2.75) is 45.2 Å². The van der Waals surface area contributed by atoms with Crippen LogP contribution in [-0.4, -0.2) is 25.3 Å². The number of aromatic nitrogens is 2.